The molecule has 0 aliphatic rings. The molecule has 0 aliphatic carbocycles. The van der Waals surface area contributed by atoms with Crippen LogP contribution < -0.4 is 11.1 Å². The lowest BCUT2D eigenvalue weighted by Gasteiger charge is -2.12. The first-order valence-corrected chi connectivity index (χ1v) is 6.45. The molecule has 0 bridgehead atoms. The van der Waals surface area contributed by atoms with Crippen LogP contribution in [0.2, 0.25) is 0 Å². The van der Waals surface area contributed by atoms with Crippen LogP contribution in [0.3, 0.4) is 0 Å². The number of benzene rings is 1. The largest absolute Gasteiger partial charge is 0.394 e. The molecule has 1 atom stereocenters. The van der Waals surface area contributed by atoms with Crippen LogP contribution in [0.5, 0.6) is 0 Å². The summed E-state index contributed by atoms with van der Waals surface area (Å²) in [6.45, 7) is 1.80. The van der Waals surface area contributed by atoms with Gasteiger partial charge in [-0.25, -0.2) is 8.78 Å². The van der Waals surface area contributed by atoms with E-state index in [1.54, 1.807) is 6.92 Å². The van der Waals surface area contributed by atoms with Crippen molar-refractivity contribution in [2.45, 2.75) is 13.0 Å². The number of nitrogen functional groups attached to an aromatic ring is 1. The smallest absolute Gasteiger partial charge is 0.251 e. The molecular formula is C13H12F2N2OS. The SMILES string of the molecule is CC(NC(=O)c1cc(F)c(N)c(F)c1)c1cccs1. The molecule has 2 aromatic rings. The zero-order valence-corrected chi connectivity index (χ0v) is 10.9. The van der Waals surface area contributed by atoms with Gasteiger partial charge in [0.1, 0.15) is 17.3 Å². The van der Waals surface area contributed by atoms with E-state index in [0.29, 0.717) is 0 Å². The van der Waals surface area contributed by atoms with Gasteiger partial charge in [-0.05, 0) is 30.5 Å². The molecule has 1 aromatic carbocycles. The summed E-state index contributed by atoms with van der Waals surface area (Å²) in [7, 11) is 0. The number of carbonyl (C=O) groups is 1. The summed E-state index contributed by atoms with van der Waals surface area (Å²) in [6.07, 6.45) is 0. The fourth-order valence-corrected chi connectivity index (χ4v) is 2.34. The van der Waals surface area contributed by atoms with E-state index in [1.165, 1.54) is 11.3 Å². The summed E-state index contributed by atoms with van der Waals surface area (Å²) in [6, 6.07) is 5.37. The molecule has 1 unspecified atom stereocenters. The summed E-state index contributed by atoms with van der Waals surface area (Å²) in [5.74, 6) is -2.42. The highest BCUT2D eigenvalue weighted by Gasteiger charge is 2.16. The van der Waals surface area contributed by atoms with Gasteiger partial charge in [0.15, 0.2) is 0 Å². The minimum Gasteiger partial charge on any atom is -0.394 e. The normalized spacial score (nSPS) is 12.2. The Kier molecular flexibility index (Phi) is 3.80. The second-order valence-electron chi connectivity index (χ2n) is 4.06. The molecule has 0 spiro atoms. The minimum absolute atomic E-state index is 0.0902. The first-order valence-electron chi connectivity index (χ1n) is 5.58. The number of amides is 1. The number of carbonyl (C=O) groups excluding carboxylic acids is 1. The molecule has 0 radical (unpaired) electrons. The van der Waals surface area contributed by atoms with Crippen molar-refractivity contribution in [3.63, 3.8) is 0 Å². The van der Waals surface area contributed by atoms with Crippen molar-refractivity contribution in [1.82, 2.24) is 5.32 Å². The maximum absolute atomic E-state index is 13.3. The highest BCUT2D eigenvalue weighted by molar-refractivity contribution is 7.10. The molecular weight excluding hydrogens is 270 g/mol. The molecule has 1 heterocycles. The Bertz CT molecular complexity index is 576. The second kappa shape index (κ2) is 5.36. The molecule has 1 aromatic heterocycles. The van der Waals surface area contributed by atoms with Crippen LogP contribution in [0.1, 0.15) is 28.2 Å². The maximum Gasteiger partial charge on any atom is 0.251 e. The summed E-state index contributed by atoms with van der Waals surface area (Å²) >= 11 is 1.49. The molecule has 0 fully saturated rings. The quantitative estimate of drug-likeness (QED) is 0.850. The van der Waals surface area contributed by atoms with Crippen LogP contribution in [-0.4, -0.2) is 5.91 Å². The number of nitrogens with one attached hydrogen (secondary N) is 1. The number of hydrogen-bond acceptors (Lipinski definition) is 3. The summed E-state index contributed by atoms with van der Waals surface area (Å²) < 4.78 is 26.5. The van der Waals surface area contributed by atoms with Crippen molar-refractivity contribution in [3.8, 4) is 0 Å². The Morgan fingerprint density at radius 2 is 2.00 bits per heavy atom. The molecule has 1 amide bonds. The van der Waals surface area contributed by atoms with Crippen LogP contribution in [0, 0.1) is 11.6 Å². The molecule has 3 N–H and O–H groups in total. The fraction of sp³-hybridized carbons (Fsp3) is 0.154. The third kappa shape index (κ3) is 2.90. The predicted octanol–water partition coefficient (Wildman–Crippen LogP) is 3.10. The zero-order valence-electron chi connectivity index (χ0n) is 10.1. The number of nitrogens with two attached hydrogens (primary N) is 1. The van der Waals surface area contributed by atoms with Crippen molar-refractivity contribution < 1.29 is 13.6 Å². The monoisotopic (exact) mass is 282 g/mol. The number of rotatable bonds is 3. The zero-order chi connectivity index (χ0) is 14.0. The summed E-state index contributed by atoms with van der Waals surface area (Å²) in [5.41, 5.74) is 4.48. The summed E-state index contributed by atoms with van der Waals surface area (Å²) in [5, 5.41) is 4.56. The van der Waals surface area contributed by atoms with Crippen molar-refractivity contribution in [3.05, 3.63) is 51.7 Å². The summed E-state index contributed by atoms with van der Waals surface area (Å²) in [4.78, 5) is 12.8. The second-order valence-corrected chi connectivity index (χ2v) is 5.04. The van der Waals surface area contributed by atoms with Gasteiger partial charge in [-0.15, -0.1) is 11.3 Å². The molecule has 100 valence electrons. The molecule has 19 heavy (non-hydrogen) atoms. The van der Waals surface area contributed by atoms with Crippen molar-refractivity contribution in [1.29, 1.82) is 0 Å². The Morgan fingerprint density at radius 1 is 1.37 bits per heavy atom. The van der Waals surface area contributed by atoms with E-state index >= 15 is 0 Å². The van der Waals surface area contributed by atoms with Gasteiger partial charge < -0.3 is 11.1 Å². The van der Waals surface area contributed by atoms with Crippen molar-refractivity contribution in [2.75, 3.05) is 5.73 Å². The third-order valence-electron chi connectivity index (χ3n) is 2.66. The Balaban J connectivity index is 2.16. The van der Waals surface area contributed by atoms with Crippen LogP contribution >= 0.6 is 11.3 Å². The first-order chi connectivity index (χ1) is 8.99. The number of halogens is 2. The Morgan fingerprint density at radius 3 is 2.53 bits per heavy atom. The average Bonchev–Trinajstić information content (AvgIpc) is 2.89. The molecule has 0 saturated heterocycles. The highest BCUT2D eigenvalue weighted by Crippen LogP contribution is 2.20. The van der Waals surface area contributed by atoms with E-state index in [9.17, 15) is 13.6 Å². The topological polar surface area (TPSA) is 55.1 Å². The van der Waals surface area contributed by atoms with Gasteiger partial charge in [-0.1, -0.05) is 6.07 Å². The molecule has 0 saturated carbocycles. The molecule has 0 aliphatic heterocycles. The van der Waals surface area contributed by atoms with Gasteiger partial charge in [0.2, 0.25) is 0 Å². The van der Waals surface area contributed by atoms with Gasteiger partial charge in [0.05, 0.1) is 6.04 Å². The highest BCUT2D eigenvalue weighted by atomic mass is 32.1. The van der Waals surface area contributed by atoms with Gasteiger partial charge in [0.25, 0.3) is 5.91 Å². The maximum atomic E-state index is 13.3. The lowest BCUT2D eigenvalue weighted by Crippen LogP contribution is -2.26. The van der Waals surface area contributed by atoms with Crippen LogP contribution in [0.25, 0.3) is 0 Å². The number of anilines is 1. The fourth-order valence-electron chi connectivity index (χ4n) is 1.60. The van der Waals surface area contributed by atoms with Crippen molar-refractivity contribution in [2.24, 2.45) is 0 Å². The Labute approximate surface area is 113 Å². The van der Waals surface area contributed by atoms with E-state index in [4.69, 9.17) is 5.73 Å². The van der Waals surface area contributed by atoms with Crippen LogP contribution in [0.4, 0.5) is 14.5 Å². The van der Waals surface area contributed by atoms with Crippen molar-refractivity contribution >= 4 is 22.9 Å². The Hall–Kier alpha value is -1.95. The van der Waals surface area contributed by atoms with Crippen LogP contribution in [-0.2, 0) is 0 Å². The van der Waals surface area contributed by atoms with Gasteiger partial charge in [-0.2, -0.15) is 0 Å². The van der Waals surface area contributed by atoms with E-state index in [-0.39, 0.29) is 11.6 Å². The lowest BCUT2D eigenvalue weighted by atomic mass is 10.1. The standard InChI is InChI=1S/C13H12F2N2OS/c1-7(11-3-2-4-19-11)17-13(18)8-5-9(14)12(16)10(15)6-8/h2-7H,16H2,1H3,(H,17,18). The van der Waals surface area contributed by atoms with Gasteiger partial charge in [0, 0.05) is 10.4 Å². The molecule has 6 heteroatoms. The van der Waals surface area contributed by atoms with E-state index in [2.05, 4.69) is 5.32 Å². The van der Waals surface area contributed by atoms with E-state index in [0.717, 1.165) is 17.0 Å². The third-order valence-corrected chi connectivity index (χ3v) is 3.71. The lowest BCUT2D eigenvalue weighted by molar-refractivity contribution is 0.0939. The average molecular weight is 282 g/mol. The number of thiophene rings is 1. The minimum atomic E-state index is -0.936. The van der Waals surface area contributed by atoms with Gasteiger partial charge >= 0.3 is 0 Å². The number of hydrogen-bond donors (Lipinski definition) is 2. The molecule has 2 rings (SSSR count). The van der Waals surface area contributed by atoms with E-state index in [1.807, 2.05) is 17.5 Å². The van der Waals surface area contributed by atoms with E-state index < -0.39 is 23.2 Å². The van der Waals surface area contributed by atoms with Crippen LogP contribution in [0.15, 0.2) is 29.6 Å². The van der Waals surface area contributed by atoms with Gasteiger partial charge in [-0.3, -0.25) is 4.79 Å². The first kappa shape index (κ1) is 13.5. The molecule has 3 nitrogen and oxygen atoms in total. The predicted molar refractivity (Wildman–Crippen MR) is 71.0 cm³/mol.